The second-order valence-corrected chi connectivity index (χ2v) is 2.86. The Morgan fingerprint density at radius 2 is 2.29 bits per heavy atom. The van der Waals surface area contributed by atoms with Crippen molar-refractivity contribution in [1.29, 1.82) is 0 Å². The lowest BCUT2D eigenvalue weighted by molar-refractivity contribution is 0.474. The summed E-state index contributed by atoms with van der Waals surface area (Å²) in [6.07, 6.45) is 1.60. The largest absolute Gasteiger partial charge is 0.508 e. The molecule has 0 unspecified atom stereocenters. The van der Waals surface area contributed by atoms with Crippen molar-refractivity contribution in [3.63, 3.8) is 0 Å². The van der Waals surface area contributed by atoms with E-state index in [0.717, 1.165) is 11.4 Å². The van der Waals surface area contributed by atoms with Crippen molar-refractivity contribution in [3.05, 3.63) is 36.2 Å². The summed E-state index contributed by atoms with van der Waals surface area (Å²) in [5.41, 5.74) is 7.06. The SMILES string of the molecule is NCc1cnnn1-c1cccc(O)c1. The Morgan fingerprint density at radius 3 is 3.00 bits per heavy atom. The first-order valence-electron chi connectivity index (χ1n) is 4.20. The van der Waals surface area contributed by atoms with Gasteiger partial charge in [-0.2, -0.15) is 0 Å². The highest BCUT2D eigenvalue weighted by atomic mass is 16.3. The molecule has 0 saturated heterocycles. The highest BCUT2D eigenvalue weighted by molar-refractivity contribution is 5.38. The number of benzene rings is 1. The van der Waals surface area contributed by atoms with E-state index in [2.05, 4.69) is 10.3 Å². The van der Waals surface area contributed by atoms with Crippen LogP contribution in [0.3, 0.4) is 0 Å². The summed E-state index contributed by atoms with van der Waals surface area (Å²) in [6.45, 7) is 0.364. The zero-order valence-electron chi connectivity index (χ0n) is 7.46. The van der Waals surface area contributed by atoms with Crippen LogP contribution < -0.4 is 5.73 Å². The number of hydrogen-bond acceptors (Lipinski definition) is 4. The van der Waals surface area contributed by atoms with Crippen LogP contribution in [0, 0.1) is 0 Å². The second-order valence-electron chi connectivity index (χ2n) is 2.86. The first-order chi connectivity index (χ1) is 6.81. The van der Waals surface area contributed by atoms with Crippen LogP contribution in [0.15, 0.2) is 30.5 Å². The molecule has 0 bridgehead atoms. The molecule has 0 aliphatic carbocycles. The van der Waals surface area contributed by atoms with Gasteiger partial charge in [0.15, 0.2) is 0 Å². The van der Waals surface area contributed by atoms with E-state index in [1.54, 1.807) is 29.1 Å². The lowest BCUT2D eigenvalue weighted by atomic mass is 10.3. The third-order valence-corrected chi connectivity index (χ3v) is 1.90. The second kappa shape index (κ2) is 3.47. The van der Waals surface area contributed by atoms with Gasteiger partial charge in [0, 0.05) is 12.6 Å². The molecular weight excluding hydrogens is 180 g/mol. The van der Waals surface area contributed by atoms with Gasteiger partial charge in [0.05, 0.1) is 17.6 Å². The maximum absolute atomic E-state index is 9.28. The van der Waals surface area contributed by atoms with Gasteiger partial charge in [0.2, 0.25) is 0 Å². The summed E-state index contributed by atoms with van der Waals surface area (Å²) < 4.78 is 1.60. The van der Waals surface area contributed by atoms with Gasteiger partial charge in [-0.15, -0.1) is 5.10 Å². The molecule has 5 heteroatoms. The van der Waals surface area contributed by atoms with E-state index >= 15 is 0 Å². The van der Waals surface area contributed by atoms with Gasteiger partial charge >= 0.3 is 0 Å². The number of hydrogen-bond donors (Lipinski definition) is 2. The highest BCUT2D eigenvalue weighted by Gasteiger charge is 2.04. The van der Waals surface area contributed by atoms with Crippen LogP contribution >= 0.6 is 0 Å². The molecule has 1 heterocycles. The first kappa shape index (κ1) is 8.71. The molecule has 1 aromatic carbocycles. The molecule has 3 N–H and O–H groups in total. The smallest absolute Gasteiger partial charge is 0.117 e. The number of phenolic OH excluding ortho intramolecular Hbond substituents is 1. The molecule has 0 aliphatic rings. The molecular formula is C9H10N4O. The summed E-state index contributed by atoms with van der Waals surface area (Å²) in [5, 5.41) is 16.9. The minimum absolute atomic E-state index is 0.195. The fourth-order valence-electron chi connectivity index (χ4n) is 1.24. The quantitative estimate of drug-likeness (QED) is 0.720. The summed E-state index contributed by atoms with van der Waals surface area (Å²) in [6, 6.07) is 6.77. The fraction of sp³-hybridized carbons (Fsp3) is 0.111. The minimum Gasteiger partial charge on any atom is -0.508 e. The van der Waals surface area contributed by atoms with Crippen molar-refractivity contribution < 1.29 is 5.11 Å². The third-order valence-electron chi connectivity index (χ3n) is 1.90. The molecule has 2 aromatic rings. The summed E-state index contributed by atoms with van der Waals surface area (Å²) in [4.78, 5) is 0. The van der Waals surface area contributed by atoms with E-state index in [0.29, 0.717) is 6.54 Å². The van der Waals surface area contributed by atoms with E-state index < -0.39 is 0 Å². The van der Waals surface area contributed by atoms with E-state index in [1.807, 2.05) is 6.07 Å². The normalized spacial score (nSPS) is 10.4. The molecule has 72 valence electrons. The maximum atomic E-state index is 9.28. The van der Waals surface area contributed by atoms with Gasteiger partial charge in [0.25, 0.3) is 0 Å². The molecule has 1 aromatic heterocycles. The van der Waals surface area contributed by atoms with Crippen molar-refractivity contribution in [1.82, 2.24) is 15.0 Å². The number of nitrogens with two attached hydrogens (primary N) is 1. The molecule has 0 aliphatic heterocycles. The zero-order chi connectivity index (χ0) is 9.97. The van der Waals surface area contributed by atoms with Crippen LogP contribution in [0.25, 0.3) is 5.69 Å². The van der Waals surface area contributed by atoms with Gasteiger partial charge in [-0.1, -0.05) is 11.3 Å². The number of rotatable bonds is 2. The molecule has 5 nitrogen and oxygen atoms in total. The van der Waals surface area contributed by atoms with Crippen LogP contribution in [0.5, 0.6) is 5.75 Å². The molecule has 0 atom stereocenters. The maximum Gasteiger partial charge on any atom is 0.117 e. The molecule has 0 spiro atoms. The number of phenols is 1. The summed E-state index contributed by atoms with van der Waals surface area (Å²) in [7, 11) is 0. The minimum atomic E-state index is 0.195. The summed E-state index contributed by atoms with van der Waals surface area (Å²) >= 11 is 0. The predicted octanol–water partition coefficient (Wildman–Crippen LogP) is 0.432. The first-order valence-corrected chi connectivity index (χ1v) is 4.20. The molecule has 0 radical (unpaired) electrons. The van der Waals surface area contributed by atoms with E-state index in [1.165, 1.54) is 0 Å². The zero-order valence-corrected chi connectivity index (χ0v) is 7.46. The van der Waals surface area contributed by atoms with Gasteiger partial charge in [-0.3, -0.25) is 0 Å². The molecule has 0 saturated carbocycles. The van der Waals surface area contributed by atoms with E-state index in [4.69, 9.17) is 5.73 Å². The Labute approximate surface area is 80.8 Å². The molecule has 0 fully saturated rings. The lowest BCUT2D eigenvalue weighted by Crippen LogP contribution is -2.06. The van der Waals surface area contributed by atoms with Crippen LogP contribution in [0.2, 0.25) is 0 Å². The Morgan fingerprint density at radius 1 is 1.43 bits per heavy atom. The molecule has 2 rings (SSSR count). The van der Waals surface area contributed by atoms with Gasteiger partial charge in [-0.25, -0.2) is 4.68 Å². The topological polar surface area (TPSA) is 77.0 Å². The van der Waals surface area contributed by atoms with Crippen molar-refractivity contribution >= 4 is 0 Å². The van der Waals surface area contributed by atoms with Crippen molar-refractivity contribution in [3.8, 4) is 11.4 Å². The van der Waals surface area contributed by atoms with E-state index in [9.17, 15) is 5.11 Å². The highest BCUT2D eigenvalue weighted by Crippen LogP contribution is 2.15. The lowest BCUT2D eigenvalue weighted by Gasteiger charge is -2.03. The van der Waals surface area contributed by atoms with Crippen LogP contribution in [-0.4, -0.2) is 20.1 Å². The van der Waals surface area contributed by atoms with Crippen LogP contribution in [0.4, 0.5) is 0 Å². The average molecular weight is 190 g/mol. The monoisotopic (exact) mass is 190 g/mol. The van der Waals surface area contributed by atoms with Gasteiger partial charge in [-0.05, 0) is 12.1 Å². The average Bonchev–Trinajstić information content (AvgIpc) is 2.65. The van der Waals surface area contributed by atoms with Crippen molar-refractivity contribution in [2.24, 2.45) is 5.73 Å². The standard InChI is InChI=1S/C9H10N4O/c10-5-8-6-11-12-13(8)7-2-1-3-9(14)4-7/h1-4,6,14H,5,10H2. The Kier molecular flexibility index (Phi) is 2.16. The third kappa shape index (κ3) is 1.45. The van der Waals surface area contributed by atoms with Crippen LogP contribution in [-0.2, 0) is 6.54 Å². The van der Waals surface area contributed by atoms with Gasteiger partial charge in [0.1, 0.15) is 5.75 Å². The Bertz CT molecular complexity index is 438. The number of aromatic hydroxyl groups is 1. The summed E-state index contributed by atoms with van der Waals surface area (Å²) in [5.74, 6) is 0.195. The predicted molar refractivity (Wildman–Crippen MR) is 50.9 cm³/mol. The number of nitrogens with zero attached hydrogens (tertiary/aromatic N) is 3. The van der Waals surface area contributed by atoms with Crippen molar-refractivity contribution in [2.45, 2.75) is 6.54 Å². The van der Waals surface area contributed by atoms with Crippen LogP contribution in [0.1, 0.15) is 5.69 Å². The Hall–Kier alpha value is -1.88. The molecule has 14 heavy (non-hydrogen) atoms. The van der Waals surface area contributed by atoms with Gasteiger partial charge < -0.3 is 10.8 Å². The van der Waals surface area contributed by atoms with E-state index in [-0.39, 0.29) is 5.75 Å². The fourth-order valence-corrected chi connectivity index (χ4v) is 1.24. The van der Waals surface area contributed by atoms with Crippen molar-refractivity contribution in [2.75, 3.05) is 0 Å². The number of aromatic nitrogens is 3. The Balaban J connectivity index is 2.49. The molecule has 0 amide bonds.